The molecule has 0 spiro atoms. The molecule has 5 rings (SSSR count). The molecule has 2 aliphatic heterocycles. The molecule has 9 heteroatoms. The monoisotopic (exact) mass is 528 g/mol. The number of thioether (sulfide) groups is 1. The Labute approximate surface area is 225 Å². The van der Waals surface area contributed by atoms with E-state index in [1.807, 2.05) is 84.9 Å². The van der Waals surface area contributed by atoms with E-state index in [0.717, 1.165) is 16.0 Å². The number of para-hydroxylation sites is 1. The third kappa shape index (κ3) is 5.73. The Morgan fingerprint density at radius 3 is 2.32 bits per heavy atom. The predicted molar refractivity (Wildman–Crippen MR) is 145 cm³/mol. The summed E-state index contributed by atoms with van der Waals surface area (Å²) in [5.41, 5.74) is 2.44. The third-order valence-electron chi connectivity index (χ3n) is 6.62. The fraction of sp³-hybridized carbons (Fsp3) is 0.241. The van der Waals surface area contributed by atoms with Crippen LogP contribution in [0, 0.1) is 0 Å². The van der Waals surface area contributed by atoms with E-state index in [1.54, 1.807) is 0 Å². The van der Waals surface area contributed by atoms with Crippen LogP contribution in [0.4, 0.5) is 5.69 Å². The standard InChI is InChI=1S/C29H28N4O4S/c34-24-16-15-21(31-24)28(36)32-26-27(20-11-5-2-6-12-20)38-23-14-8-7-13-22(23)33(29(26)37)18-25(35)30-17-19-9-3-1-4-10-19/h1-14,21,26-27H,15-18H2,(H,30,35)(H,31,34)(H,32,36)/t21-,26+,27-/m0/s1. The number of fused-ring (bicyclic) bond motifs is 1. The van der Waals surface area contributed by atoms with Gasteiger partial charge in [0.05, 0.1) is 10.9 Å². The first-order chi connectivity index (χ1) is 18.5. The van der Waals surface area contributed by atoms with Gasteiger partial charge in [0.25, 0.3) is 5.91 Å². The first-order valence-corrected chi connectivity index (χ1v) is 13.4. The molecule has 0 radical (unpaired) electrons. The summed E-state index contributed by atoms with van der Waals surface area (Å²) < 4.78 is 0. The highest BCUT2D eigenvalue weighted by Gasteiger charge is 2.41. The van der Waals surface area contributed by atoms with Gasteiger partial charge in [-0.2, -0.15) is 0 Å². The number of carbonyl (C=O) groups excluding carboxylic acids is 4. The van der Waals surface area contributed by atoms with E-state index in [1.165, 1.54) is 16.7 Å². The fourth-order valence-electron chi connectivity index (χ4n) is 4.67. The van der Waals surface area contributed by atoms with Crippen LogP contribution in [0.25, 0.3) is 0 Å². The molecule has 2 heterocycles. The van der Waals surface area contributed by atoms with Gasteiger partial charge in [-0.3, -0.25) is 19.2 Å². The number of benzene rings is 3. The molecule has 194 valence electrons. The fourth-order valence-corrected chi connectivity index (χ4v) is 6.01. The molecule has 0 bridgehead atoms. The average molecular weight is 529 g/mol. The van der Waals surface area contributed by atoms with E-state index < -0.39 is 23.2 Å². The molecule has 3 aromatic rings. The summed E-state index contributed by atoms with van der Waals surface area (Å²) in [6.07, 6.45) is 0.646. The average Bonchev–Trinajstić information content (AvgIpc) is 3.35. The minimum atomic E-state index is -0.957. The van der Waals surface area contributed by atoms with Crippen molar-refractivity contribution in [3.05, 3.63) is 96.1 Å². The topological polar surface area (TPSA) is 108 Å². The molecule has 3 N–H and O–H groups in total. The normalized spacial score (nSPS) is 20.7. The van der Waals surface area contributed by atoms with Crippen molar-refractivity contribution in [3.8, 4) is 0 Å². The van der Waals surface area contributed by atoms with Crippen LogP contribution in [-0.2, 0) is 25.7 Å². The molecule has 0 saturated carbocycles. The van der Waals surface area contributed by atoms with Crippen molar-refractivity contribution >= 4 is 41.1 Å². The molecule has 2 aliphatic rings. The van der Waals surface area contributed by atoms with Crippen LogP contribution < -0.4 is 20.9 Å². The Bertz CT molecular complexity index is 1330. The number of amides is 4. The van der Waals surface area contributed by atoms with Gasteiger partial charge in [-0.15, -0.1) is 11.8 Å². The molecule has 8 nitrogen and oxygen atoms in total. The summed E-state index contributed by atoms with van der Waals surface area (Å²) in [4.78, 5) is 54.4. The SMILES string of the molecule is O=C(CN1C(=O)[C@H](NC(=O)[C@@H]2CCC(=O)N2)[C@H](c2ccccc2)Sc2ccccc21)NCc1ccccc1. The second-order valence-corrected chi connectivity index (χ2v) is 10.4. The summed E-state index contributed by atoms with van der Waals surface area (Å²) in [5.74, 6) is -1.29. The zero-order chi connectivity index (χ0) is 26.5. The Morgan fingerprint density at radius 2 is 1.61 bits per heavy atom. The molecule has 0 aromatic heterocycles. The van der Waals surface area contributed by atoms with E-state index in [-0.39, 0.29) is 30.7 Å². The van der Waals surface area contributed by atoms with E-state index in [2.05, 4.69) is 16.0 Å². The summed E-state index contributed by atoms with van der Waals surface area (Å²) in [5, 5.41) is 8.04. The Kier molecular flexibility index (Phi) is 7.74. The van der Waals surface area contributed by atoms with Gasteiger partial charge in [0.1, 0.15) is 18.6 Å². The summed E-state index contributed by atoms with van der Waals surface area (Å²) >= 11 is 1.47. The lowest BCUT2D eigenvalue weighted by Crippen LogP contribution is -2.55. The minimum Gasteiger partial charge on any atom is -0.350 e. The van der Waals surface area contributed by atoms with E-state index in [4.69, 9.17) is 0 Å². The molecule has 0 unspecified atom stereocenters. The van der Waals surface area contributed by atoms with Gasteiger partial charge >= 0.3 is 0 Å². The van der Waals surface area contributed by atoms with Gasteiger partial charge in [-0.05, 0) is 29.7 Å². The van der Waals surface area contributed by atoms with Crippen molar-refractivity contribution in [2.75, 3.05) is 11.4 Å². The van der Waals surface area contributed by atoms with Crippen LogP contribution in [-0.4, -0.2) is 42.3 Å². The Morgan fingerprint density at radius 1 is 0.921 bits per heavy atom. The number of carbonyl (C=O) groups is 4. The molecule has 1 saturated heterocycles. The summed E-state index contributed by atoms with van der Waals surface area (Å²) in [6, 6.07) is 24.9. The largest absolute Gasteiger partial charge is 0.350 e. The lowest BCUT2D eigenvalue weighted by Gasteiger charge is -2.29. The number of anilines is 1. The van der Waals surface area contributed by atoms with Crippen molar-refractivity contribution in [3.63, 3.8) is 0 Å². The lowest BCUT2D eigenvalue weighted by molar-refractivity contribution is -0.130. The number of nitrogens with zero attached hydrogens (tertiary/aromatic N) is 1. The molecule has 0 aliphatic carbocycles. The molecule has 3 atom stereocenters. The van der Waals surface area contributed by atoms with Gasteiger partial charge in [0.2, 0.25) is 17.7 Å². The van der Waals surface area contributed by atoms with Gasteiger partial charge in [-0.1, -0.05) is 72.8 Å². The maximum atomic E-state index is 14.1. The van der Waals surface area contributed by atoms with Crippen LogP contribution in [0.2, 0.25) is 0 Å². The zero-order valence-corrected chi connectivity index (χ0v) is 21.4. The Hall–Kier alpha value is -4.11. The third-order valence-corrected chi connectivity index (χ3v) is 8.01. The smallest absolute Gasteiger partial charge is 0.251 e. The molecular weight excluding hydrogens is 500 g/mol. The van der Waals surface area contributed by atoms with Crippen molar-refractivity contribution < 1.29 is 19.2 Å². The maximum Gasteiger partial charge on any atom is 0.251 e. The molecule has 38 heavy (non-hydrogen) atoms. The number of rotatable bonds is 7. The van der Waals surface area contributed by atoms with Gasteiger partial charge in [0.15, 0.2) is 0 Å². The second-order valence-electron chi connectivity index (χ2n) is 9.25. The highest BCUT2D eigenvalue weighted by Crippen LogP contribution is 2.45. The van der Waals surface area contributed by atoms with Crippen LogP contribution >= 0.6 is 11.8 Å². The van der Waals surface area contributed by atoms with E-state index >= 15 is 0 Å². The zero-order valence-electron chi connectivity index (χ0n) is 20.6. The second kappa shape index (κ2) is 11.5. The number of hydrogen-bond acceptors (Lipinski definition) is 5. The van der Waals surface area contributed by atoms with Crippen LogP contribution in [0.15, 0.2) is 89.8 Å². The number of nitrogens with one attached hydrogen (secondary N) is 3. The van der Waals surface area contributed by atoms with Crippen LogP contribution in [0.3, 0.4) is 0 Å². The van der Waals surface area contributed by atoms with Crippen molar-refractivity contribution in [2.24, 2.45) is 0 Å². The maximum absolute atomic E-state index is 14.1. The van der Waals surface area contributed by atoms with Crippen LogP contribution in [0.1, 0.15) is 29.2 Å². The summed E-state index contributed by atoms with van der Waals surface area (Å²) in [6.45, 7) is 0.142. The van der Waals surface area contributed by atoms with Crippen molar-refractivity contribution in [2.45, 2.75) is 41.6 Å². The molecule has 3 aromatic carbocycles. The van der Waals surface area contributed by atoms with Crippen molar-refractivity contribution in [1.29, 1.82) is 0 Å². The van der Waals surface area contributed by atoms with Gasteiger partial charge in [0, 0.05) is 17.9 Å². The molecule has 1 fully saturated rings. The lowest BCUT2D eigenvalue weighted by atomic mass is 10.0. The van der Waals surface area contributed by atoms with Gasteiger partial charge in [-0.25, -0.2) is 0 Å². The predicted octanol–water partition coefficient (Wildman–Crippen LogP) is 2.95. The minimum absolute atomic E-state index is 0.185. The molecule has 4 amide bonds. The van der Waals surface area contributed by atoms with Gasteiger partial charge < -0.3 is 20.9 Å². The van der Waals surface area contributed by atoms with Crippen LogP contribution in [0.5, 0.6) is 0 Å². The summed E-state index contributed by atoms with van der Waals surface area (Å²) in [7, 11) is 0. The van der Waals surface area contributed by atoms with Crippen molar-refractivity contribution in [1.82, 2.24) is 16.0 Å². The highest BCUT2D eigenvalue weighted by molar-refractivity contribution is 7.99. The van der Waals surface area contributed by atoms with E-state index in [9.17, 15) is 19.2 Å². The molecular formula is C29H28N4O4S. The first-order valence-electron chi connectivity index (χ1n) is 12.5. The number of hydrogen-bond donors (Lipinski definition) is 3. The van der Waals surface area contributed by atoms with E-state index in [0.29, 0.717) is 18.7 Å². The quantitative estimate of drug-likeness (QED) is 0.437. The Balaban J connectivity index is 1.44. The first kappa shape index (κ1) is 25.5. The highest BCUT2D eigenvalue weighted by atomic mass is 32.2.